The van der Waals surface area contributed by atoms with Crippen LogP contribution in [0, 0.1) is 11.3 Å². The maximum absolute atomic E-state index is 12.2. The van der Waals surface area contributed by atoms with Crippen molar-refractivity contribution in [3.05, 3.63) is 33.6 Å². The van der Waals surface area contributed by atoms with Crippen molar-refractivity contribution in [3.63, 3.8) is 0 Å². The number of aromatic nitrogens is 3. The molecule has 0 radical (unpaired) electrons. The lowest BCUT2D eigenvalue weighted by Crippen LogP contribution is -2.24. The second kappa shape index (κ2) is 6.07. The third kappa shape index (κ3) is 2.99. The predicted molar refractivity (Wildman–Crippen MR) is 94.6 cm³/mol. The van der Waals surface area contributed by atoms with Crippen LogP contribution in [0.15, 0.2) is 23.1 Å². The summed E-state index contributed by atoms with van der Waals surface area (Å²) in [5.74, 6) is 0.312. The number of nitriles is 1. The van der Waals surface area contributed by atoms with Crippen molar-refractivity contribution >= 4 is 33.3 Å². The van der Waals surface area contributed by atoms with E-state index >= 15 is 0 Å². The van der Waals surface area contributed by atoms with Gasteiger partial charge in [0.2, 0.25) is 0 Å². The van der Waals surface area contributed by atoms with E-state index in [9.17, 15) is 9.59 Å². The molecule has 4 rings (SSSR count). The van der Waals surface area contributed by atoms with Crippen LogP contribution in [0.4, 0.5) is 5.69 Å². The molecule has 9 heteroatoms. The lowest BCUT2D eigenvalue weighted by atomic mass is 10.2. The minimum absolute atomic E-state index is 0.0804. The molecule has 0 bridgehead atoms. The maximum Gasteiger partial charge on any atom is 0.261 e. The molecule has 8 nitrogen and oxygen atoms in total. The van der Waals surface area contributed by atoms with E-state index in [-0.39, 0.29) is 18.0 Å². The monoisotopic (exact) mass is 354 g/mol. The second-order valence-electron chi connectivity index (χ2n) is 5.77. The zero-order chi connectivity index (χ0) is 17.4. The van der Waals surface area contributed by atoms with E-state index in [1.807, 2.05) is 6.07 Å². The van der Waals surface area contributed by atoms with Crippen molar-refractivity contribution in [1.82, 2.24) is 20.3 Å². The summed E-state index contributed by atoms with van der Waals surface area (Å²) in [6.45, 7) is 0.0804. The highest BCUT2D eigenvalue weighted by atomic mass is 32.1. The number of aromatic amines is 2. The minimum Gasteiger partial charge on any atom is -0.371 e. The molecule has 3 aromatic heterocycles. The third-order valence-corrected chi connectivity index (χ3v) is 4.90. The highest BCUT2D eigenvalue weighted by molar-refractivity contribution is 7.20. The van der Waals surface area contributed by atoms with E-state index in [0.717, 1.165) is 12.8 Å². The number of fused-ring (bicyclic) bond motifs is 1. The summed E-state index contributed by atoms with van der Waals surface area (Å²) >= 11 is 1.28. The van der Waals surface area contributed by atoms with Gasteiger partial charge in [0.05, 0.1) is 22.2 Å². The summed E-state index contributed by atoms with van der Waals surface area (Å²) in [4.78, 5) is 35.7. The zero-order valence-corrected chi connectivity index (χ0v) is 13.9. The van der Waals surface area contributed by atoms with Crippen molar-refractivity contribution in [1.29, 1.82) is 5.26 Å². The van der Waals surface area contributed by atoms with E-state index in [1.165, 1.54) is 17.5 Å². The van der Waals surface area contributed by atoms with Gasteiger partial charge in [0.1, 0.15) is 22.8 Å². The fraction of sp³-hybridized carbons (Fsp3) is 0.250. The third-order valence-electron chi connectivity index (χ3n) is 3.87. The highest BCUT2D eigenvalue weighted by Crippen LogP contribution is 2.29. The number of pyridine rings is 1. The van der Waals surface area contributed by atoms with E-state index in [2.05, 4.69) is 25.6 Å². The van der Waals surface area contributed by atoms with Gasteiger partial charge in [-0.3, -0.25) is 9.59 Å². The smallest absolute Gasteiger partial charge is 0.261 e. The van der Waals surface area contributed by atoms with Gasteiger partial charge >= 0.3 is 0 Å². The first-order valence-corrected chi connectivity index (χ1v) is 8.60. The summed E-state index contributed by atoms with van der Waals surface area (Å²) in [7, 11) is 0. The molecule has 0 saturated heterocycles. The first-order chi connectivity index (χ1) is 12.2. The molecule has 0 atom stereocenters. The van der Waals surface area contributed by atoms with Crippen LogP contribution in [0.3, 0.4) is 0 Å². The first-order valence-electron chi connectivity index (χ1n) is 7.79. The number of hydrogen-bond acceptors (Lipinski definition) is 6. The Morgan fingerprint density at radius 1 is 1.48 bits per heavy atom. The lowest BCUT2D eigenvalue weighted by Gasteiger charge is -2.06. The minimum atomic E-state index is -0.309. The molecule has 0 spiro atoms. The Morgan fingerprint density at radius 2 is 2.32 bits per heavy atom. The van der Waals surface area contributed by atoms with Gasteiger partial charge in [0, 0.05) is 12.2 Å². The number of nitrogens with one attached hydrogen (secondary N) is 4. The van der Waals surface area contributed by atoms with Crippen molar-refractivity contribution in [3.8, 4) is 17.5 Å². The molecule has 1 saturated carbocycles. The van der Waals surface area contributed by atoms with E-state index in [1.54, 1.807) is 12.1 Å². The standard InChI is InChI=1S/C16H14N6O2S/c17-4-6-18-9-3-5-19-15(24)12(9)13-21-10-7-11(25-16(10)22-13)14(23)20-8-1-2-8/h3,5,7-8H,1-2,6H2,(H,20,23)(H,21,22)(H2,18,19,24). The molecule has 25 heavy (non-hydrogen) atoms. The Kier molecular flexibility index (Phi) is 3.74. The molecule has 126 valence electrons. The van der Waals surface area contributed by atoms with Crippen LogP contribution in [0.25, 0.3) is 21.7 Å². The Labute approximate surface area is 145 Å². The SMILES string of the molecule is N#CCNc1cc[nH]c(=O)c1-c1nc2sc(C(=O)NC3CC3)cc2[nH]1. The van der Waals surface area contributed by atoms with E-state index in [0.29, 0.717) is 38.3 Å². The number of nitrogens with zero attached hydrogens (tertiary/aromatic N) is 2. The normalized spacial score (nSPS) is 13.6. The molecule has 0 unspecified atom stereocenters. The van der Waals surface area contributed by atoms with Gasteiger partial charge < -0.3 is 20.6 Å². The summed E-state index contributed by atoms with van der Waals surface area (Å²) in [5.41, 5.74) is 1.26. The summed E-state index contributed by atoms with van der Waals surface area (Å²) in [6.07, 6.45) is 3.58. The number of rotatable bonds is 5. The van der Waals surface area contributed by atoms with Gasteiger partial charge in [-0.25, -0.2) is 4.98 Å². The second-order valence-corrected chi connectivity index (χ2v) is 6.80. The molecule has 0 aromatic carbocycles. The van der Waals surface area contributed by atoms with Gasteiger partial charge in [0.15, 0.2) is 0 Å². The summed E-state index contributed by atoms with van der Waals surface area (Å²) in [6, 6.07) is 5.70. The largest absolute Gasteiger partial charge is 0.371 e. The summed E-state index contributed by atoms with van der Waals surface area (Å²) in [5, 5.41) is 14.6. The van der Waals surface area contributed by atoms with Crippen LogP contribution in [0.1, 0.15) is 22.5 Å². The number of amides is 1. The van der Waals surface area contributed by atoms with Gasteiger partial charge in [0.25, 0.3) is 11.5 Å². The van der Waals surface area contributed by atoms with Crippen LogP contribution in [0.2, 0.25) is 0 Å². The van der Waals surface area contributed by atoms with Crippen molar-refractivity contribution in [2.45, 2.75) is 18.9 Å². The molecule has 3 aromatic rings. The van der Waals surface area contributed by atoms with Crippen molar-refractivity contribution in [2.24, 2.45) is 0 Å². The Balaban J connectivity index is 1.68. The molecule has 1 amide bonds. The lowest BCUT2D eigenvalue weighted by molar-refractivity contribution is 0.0955. The maximum atomic E-state index is 12.2. The van der Waals surface area contributed by atoms with Crippen LogP contribution >= 0.6 is 11.3 Å². The van der Waals surface area contributed by atoms with Gasteiger partial charge in [-0.15, -0.1) is 11.3 Å². The van der Waals surface area contributed by atoms with Crippen molar-refractivity contribution in [2.75, 3.05) is 11.9 Å². The van der Waals surface area contributed by atoms with E-state index in [4.69, 9.17) is 5.26 Å². The van der Waals surface area contributed by atoms with Crippen molar-refractivity contribution < 1.29 is 4.79 Å². The molecule has 0 aliphatic heterocycles. The number of thiophene rings is 1. The van der Waals surface area contributed by atoms with Gasteiger partial charge in [-0.2, -0.15) is 5.26 Å². The number of H-pyrrole nitrogens is 2. The number of hydrogen-bond donors (Lipinski definition) is 4. The number of imidazole rings is 1. The average Bonchev–Trinajstić information content (AvgIpc) is 3.17. The van der Waals surface area contributed by atoms with Crippen LogP contribution in [0.5, 0.6) is 0 Å². The predicted octanol–water partition coefficient (Wildman–Crippen LogP) is 1.81. The molecule has 1 fully saturated rings. The van der Waals surface area contributed by atoms with Crippen LogP contribution in [-0.2, 0) is 0 Å². The quantitative estimate of drug-likeness (QED) is 0.520. The number of carbonyl (C=O) groups excluding carboxylic acids is 1. The molecule has 3 heterocycles. The zero-order valence-electron chi connectivity index (χ0n) is 13.0. The van der Waals surface area contributed by atoms with E-state index < -0.39 is 0 Å². The molecular weight excluding hydrogens is 340 g/mol. The fourth-order valence-corrected chi connectivity index (χ4v) is 3.41. The number of carbonyl (C=O) groups is 1. The molecule has 1 aliphatic rings. The Morgan fingerprint density at radius 3 is 3.04 bits per heavy atom. The Hall–Kier alpha value is -3.12. The number of anilines is 1. The first kappa shape index (κ1) is 15.4. The van der Waals surface area contributed by atoms with Crippen LogP contribution in [-0.4, -0.2) is 33.4 Å². The van der Waals surface area contributed by atoms with Gasteiger partial charge in [-0.1, -0.05) is 0 Å². The average molecular weight is 354 g/mol. The fourth-order valence-electron chi connectivity index (χ4n) is 2.52. The van der Waals surface area contributed by atoms with Crippen LogP contribution < -0.4 is 16.2 Å². The molecule has 1 aliphatic carbocycles. The summed E-state index contributed by atoms with van der Waals surface area (Å²) < 4.78 is 0. The topological polar surface area (TPSA) is 126 Å². The highest BCUT2D eigenvalue weighted by Gasteiger charge is 2.25. The molecular formula is C16H14N6O2S. The Bertz CT molecular complexity index is 1020. The molecule has 4 N–H and O–H groups in total. The van der Waals surface area contributed by atoms with Gasteiger partial charge in [-0.05, 0) is 25.0 Å².